The Morgan fingerprint density at radius 1 is 1.24 bits per heavy atom. The molecule has 1 aliphatic heterocycles. The van der Waals surface area contributed by atoms with Gasteiger partial charge < -0.3 is 36.0 Å². The number of alkyl halides is 2. The van der Waals surface area contributed by atoms with Gasteiger partial charge in [-0.3, -0.25) is 4.79 Å². The molecule has 0 spiro atoms. The number of halogens is 3. The van der Waals surface area contributed by atoms with E-state index in [0.717, 1.165) is 0 Å². The molecule has 126 valence electrons. The Kier molecular flexibility index (Phi) is 7.36. The molecule has 11 heteroatoms. The SMILES string of the molecule is Cl.N[C@@H](CC(F)(F)[C@H]1O[C@H](CO)[C@H](O)[C@H](O)[C@H]1O)C(=O)O. The van der Waals surface area contributed by atoms with Crippen molar-refractivity contribution in [2.24, 2.45) is 5.73 Å². The number of carboxylic acid groups (broad SMARTS) is 1. The minimum atomic E-state index is -3.87. The predicted octanol–water partition coefficient (Wildman–Crippen LogP) is -2.31. The van der Waals surface area contributed by atoms with E-state index < -0.39 is 61.5 Å². The van der Waals surface area contributed by atoms with Crippen LogP contribution in [-0.4, -0.2) is 80.6 Å². The van der Waals surface area contributed by atoms with Crippen molar-refractivity contribution in [1.82, 2.24) is 0 Å². The third kappa shape index (κ3) is 4.42. The van der Waals surface area contributed by atoms with Crippen LogP contribution in [0.25, 0.3) is 0 Å². The first-order chi connectivity index (χ1) is 9.11. The molecule has 21 heavy (non-hydrogen) atoms. The van der Waals surface area contributed by atoms with Crippen molar-refractivity contribution in [3.8, 4) is 0 Å². The van der Waals surface area contributed by atoms with Gasteiger partial charge in [-0.1, -0.05) is 0 Å². The monoisotopic (exact) mass is 337 g/mol. The quantitative estimate of drug-likeness (QED) is 0.327. The summed E-state index contributed by atoms with van der Waals surface area (Å²) in [5.41, 5.74) is 5.01. The highest BCUT2D eigenvalue weighted by molar-refractivity contribution is 5.85. The number of hydrogen-bond donors (Lipinski definition) is 6. The maximum absolute atomic E-state index is 13.9. The van der Waals surface area contributed by atoms with Gasteiger partial charge in [-0.15, -0.1) is 12.4 Å². The molecular formula is C10H18ClF2NO7. The normalized spacial score (nSPS) is 34.9. The fraction of sp³-hybridized carbons (Fsp3) is 0.900. The first-order valence-electron chi connectivity index (χ1n) is 5.78. The van der Waals surface area contributed by atoms with Gasteiger partial charge in [-0.25, -0.2) is 8.78 Å². The molecule has 1 heterocycles. The number of aliphatic hydroxyl groups is 4. The summed E-state index contributed by atoms with van der Waals surface area (Å²) in [4.78, 5) is 10.5. The molecule has 0 aromatic heterocycles. The van der Waals surface area contributed by atoms with E-state index in [1.165, 1.54) is 0 Å². The number of carbonyl (C=O) groups is 1. The van der Waals surface area contributed by atoms with Crippen LogP contribution >= 0.6 is 12.4 Å². The Balaban J connectivity index is 0.00000400. The molecule has 8 nitrogen and oxygen atoms in total. The van der Waals surface area contributed by atoms with Crippen molar-refractivity contribution in [3.63, 3.8) is 0 Å². The standard InChI is InChI=1S/C10H17F2NO7.ClH/c11-10(12,1-3(13)9(18)19)8-7(17)6(16)5(15)4(2-14)20-8;/h3-8,14-17H,1-2,13H2,(H,18,19);1H/t3-,4+,5-,6-,7+,8-;/m0./s1. The van der Waals surface area contributed by atoms with Crippen molar-refractivity contribution in [3.05, 3.63) is 0 Å². The van der Waals surface area contributed by atoms with Gasteiger partial charge in [0.05, 0.1) is 6.61 Å². The average molecular weight is 338 g/mol. The molecular weight excluding hydrogens is 320 g/mol. The third-order valence-corrected chi connectivity index (χ3v) is 3.12. The summed E-state index contributed by atoms with van der Waals surface area (Å²) in [7, 11) is 0. The summed E-state index contributed by atoms with van der Waals surface area (Å²) in [6.45, 7) is -0.859. The fourth-order valence-corrected chi connectivity index (χ4v) is 1.95. The molecule has 0 radical (unpaired) electrons. The van der Waals surface area contributed by atoms with Gasteiger partial charge in [0.25, 0.3) is 5.92 Å². The lowest BCUT2D eigenvalue weighted by Gasteiger charge is -2.43. The highest BCUT2D eigenvalue weighted by Gasteiger charge is 2.55. The number of nitrogens with two attached hydrogens (primary N) is 1. The first kappa shape index (κ1) is 20.4. The van der Waals surface area contributed by atoms with E-state index in [0.29, 0.717) is 0 Å². The van der Waals surface area contributed by atoms with Gasteiger partial charge in [-0.05, 0) is 0 Å². The molecule has 1 aliphatic rings. The zero-order valence-corrected chi connectivity index (χ0v) is 11.5. The summed E-state index contributed by atoms with van der Waals surface area (Å²) >= 11 is 0. The minimum absolute atomic E-state index is 0. The Morgan fingerprint density at radius 2 is 1.76 bits per heavy atom. The highest BCUT2D eigenvalue weighted by atomic mass is 35.5. The van der Waals surface area contributed by atoms with E-state index in [1.807, 2.05) is 0 Å². The van der Waals surface area contributed by atoms with Crippen LogP contribution in [-0.2, 0) is 9.53 Å². The van der Waals surface area contributed by atoms with Gasteiger partial charge in [-0.2, -0.15) is 0 Å². The van der Waals surface area contributed by atoms with Gasteiger partial charge in [0.15, 0.2) is 0 Å². The summed E-state index contributed by atoms with van der Waals surface area (Å²) < 4.78 is 32.4. The first-order valence-corrected chi connectivity index (χ1v) is 5.78. The van der Waals surface area contributed by atoms with Crippen LogP contribution in [0.5, 0.6) is 0 Å². The van der Waals surface area contributed by atoms with E-state index in [2.05, 4.69) is 4.74 Å². The molecule has 1 saturated heterocycles. The van der Waals surface area contributed by atoms with Crippen LogP contribution in [0.15, 0.2) is 0 Å². The summed E-state index contributed by atoms with van der Waals surface area (Å²) in [6.07, 6.45) is -11.0. The average Bonchev–Trinajstić information content (AvgIpc) is 2.35. The van der Waals surface area contributed by atoms with E-state index in [-0.39, 0.29) is 12.4 Å². The largest absolute Gasteiger partial charge is 0.480 e. The molecule has 1 rings (SSSR count). The van der Waals surface area contributed by atoms with Crippen molar-refractivity contribution in [2.45, 2.75) is 48.9 Å². The van der Waals surface area contributed by atoms with Gasteiger partial charge in [0.2, 0.25) is 0 Å². The topological polar surface area (TPSA) is 153 Å². The summed E-state index contributed by atoms with van der Waals surface area (Å²) in [6, 6.07) is -1.89. The van der Waals surface area contributed by atoms with Crippen molar-refractivity contribution in [1.29, 1.82) is 0 Å². The second-order valence-corrected chi connectivity index (χ2v) is 4.66. The lowest BCUT2D eigenvalue weighted by molar-refractivity contribution is -0.282. The van der Waals surface area contributed by atoms with Crippen LogP contribution in [0.4, 0.5) is 8.78 Å². The molecule has 7 N–H and O–H groups in total. The van der Waals surface area contributed by atoms with Gasteiger partial charge in [0, 0.05) is 6.42 Å². The Morgan fingerprint density at radius 3 is 2.19 bits per heavy atom. The van der Waals surface area contributed by atoms with Crippen LogP contribution in [0.3, 0.4) is 0 Å². The molecule has 0 aliphatic carbocycles. The smallest absolute Gasteiger partial charge is 0.320 e. The lowest BCUT2D eigenvalue weighted by Crippen LogP contribution is -2.63. The lowest BCUT2D eigenvalue weighted by atomic mass is 9.89. The van der Waals surface area contributed by atoms with Crippen LogP contribution in [0.1, 0.15) is 6.42 Å². The van der Waals surface area contributed by atoms with Crippen LogP contribution in [0.2, 0.25) is 0 Å². The van der Waals surface area contributed by atoms with Gasteiger partial charge >= 0.3 is 5.97 Å². The summed E-state index contributed by atoms with van der Waals surface area (Å²) in [5, 5.41) is 45.8. The van der Waals surface area contributed by atoms with E-state index in [1.54, 1.807) is 0 Å². The second-order valence-electron chi connectivity index (χ2n) is 4.66. The van der Waals surface area contributed by atoms with Crippen molar-refractivity contribution < 1.29 is 43.8 Å². The van der Waals surface area contributed by atoms with E-state index in [4.69, 9.17) is 15.9 Å². The minimum Gasteiger partial charge on any atom is -0.480 e. The molecule has 1 fully saturated rings. The van der Waals surface area contributed by atoms with Gasteiger partial charge in [0.1, 0.15) is 36.6 Å². The fourth-order valence-electron chi connectivity index (χ4n) is 1.95. The molecule has 0 saturated carbocycles. The molecule has 0 aromatic rings. The van der Waals surface area contributed by atoms with E-state index >= 15 is 0 Å². The van der Waals surface area contributed by atoms with Crippen molar-refractivity contribution >= 4 is 18.4 Å². The third-order valence-electron chi connectivity index (χ3n) is 3.12. The maximum atomic E-state index is 13.9. The molecule has 0 aromatic carbocycles. The molecule has 0 unspecified atom stereocenters. The molecule has 0 amide bonds. The number of aliphatic carboxylic acids is 1. The Bertz CT molecular complexity index is 360. The van der Waals surface area contributed by atoms with Crippen molar-refractivity contribution in [2.75, 3.05) is 6.61 Å². The Hall–Kier alpha value is -0.620. The predicted molar refractivity (Wildman–Crippen MR) is 66.2 cm³/mol. The molecule has 6 atom stereocenters. The number of rotatable bonds is 5. The zero-order valence-electron chi connectivity index (χ0n) is 10.7. The van der Waals surface area contributed by atoms with E-state index in [9.17, 15) is 28.9 Å². The molecule has 0 bridgehead atoms. The summed E-state index contributed by atoms with van der Waals surface area (Å²) in [5.74, 6) is -5.53. The number of hydrogen-bond acceptors (Lipinski definition) is 7. The van der Waals surface area contributed by atoms with Crippen LogP contribution < -0.4 is 5.73 Å². The number of carboxylic acids is 1. The van der Waals surface area contributed by atoms with Crippen LogP contribution in [0, 0.1) is 0 Å². The Labute approximate surface area is 124 Å². The number of ether oxygens (including phenoxy) is 1. The maximum Gasteiger partial charge on any atom is 0.320 e. The zero-order chi connectivity index (χ0) is 15.7. The highest BCUT2D eigenvalue weighted by Crippen LogP contribution is 2.34. The number of aliphatic hydroxyl groups excluding tert-OH is 4. The second kappa shape index (κ2) is 7.58.